The van der Waals surface area contributed by atoms with Gasteiger partial charge in [-0.3, -0.25) is 9.59 Å². The van der Waals surface area contributed by atoms with Gasteiger partial charge in [0, 0.05) is 12.5 Å². The maximum atomic E-state index is 13.4. The van der Waals surface area contributed by atoms with Gasteiger partial charge in [-0.05, 0) is 46.9 Å². The molecule has 2 amide bonds. The van der Waals surface area contributed by atoms with Gasteiger partial charge in [-0.15, -0.1) is 0 Å². The number of halogens is 2. The van der Waals surface area contributed by atoms with Crippen LogP contribution in [0.4, 0.5) is 8.78 Å². The van der Waals surface area contributed by atoms with Gasteiger partial charge >= 0.3 is 0 Å². The highest BCUT2D eigenvalue weighted by atomic mass is 19.1. The third kappa shape index (κ3) is 5.09. The SMILES string of the molecule is CC(NC(=O)Cc1cc(F)cc(F)c1)C(=O)NC1c2ccccc2-c2ccccc2CC1O. The van der Waals surface area contributed by atoms with E-state index in [4.69, 9.17) is 0 Å². The first kappa shape index (κ1) is 22.6. The molecule has 0 bridgehead atoms. The van der Waals surface area contributed by atoms with Gasteiger partial charge in [0.1, 0.15) is 17.7 Å². The van der Waals surface area contributed by atoms with E-state index in [9.17, 15) is 23.5 Å². The molecule has 0 heterocycles. The Morgan fingerprint density at radius 1 is 1.00 bits per heavy atom. The number of fused-ring (bicyclic) bond motifs is 3. The average molecular weight is 450 g/mol. The molecule has 0 saturated heterocycles. The Balaban J connectivity index is 1.48. The second-order valence-electron chi connectivity index (χ2n) is 8.25. The molecule has 5 nitrogen and oxygen atoms in total. The fourth-order valence-electron chi connectivity index (χ4n) is 4.23. The van der Waals surface area contributed by atoms with Gasteiger partial charge in [0.25, 0.3) is 0 Å². The molecule has 0 spiro atoms. The van der Waals surface area contributed by atoms with E-state index in [-0.39, 0.29) is 12.0 Å². The van der Waals surface area contributed by atoms with Crippen molar-refractivity contribution in [2.75, 3.05) is 0 Å². The quantitative estimate of drug-likeness (QED) is 0.557. The van der Waals surface area contributed by atoms with Crippen molar-refractivity contribution >= 4 is 11.8 Å². The number of hydrogen-bond donors (Lipinski definition) is 3. The summed E-state index contributed by atoms with van der Waals surface area (Å²) in [6.45, 7) is 1.52. The van der Waals surface area contributed by atoms with Crippen LogP contribution in [0.3, 0.4) is 0 Å². The first-order valence-electron chi connectivity index (χ1n) is 10.7. The van der Waals surface area contributed by atoms with E-state index in [2.05, 4.69) is 10.6 Å². The number of hydrogen-bond acceptors (Lipinski definition) is 3. The molecule has 3 atom stereocenters. The van der Waals surface area contributed by atoms with E-state index >= 15 is 0 Å². The zero-order valence-corrected chi connectivity index (χ0v) is 18.0. The molecule has 1 aliphatic carbocycles. The second kappa shape index (κ2) is 9.50. The fraction of sp³-hybridized carbons (Fsp3) is 0.231. The van der Waals surface area contributed by atoms with E-state index in [0.717, 1.165) is 40.5 Å². The van der Waals surface area contributed by atoms with Crippen molar-refractivity contribution in [3.63, 3.8) is 0 Å². The van der Waals surface area contributed by atoms with E-state index in [1.54, 1.807) is 0 Å². The van der Waals surface area contributed by atoms with Crippen molar-refractivity contribution in [3.05, 3.63) is 95.1 Å². The van der Waals surface area contributed by atoms with Gasteiger partial charge in [0.15, 0.2) is 0 Å². The van der Waals surface area contributed by atoms with E-state index in [1.165, 1.54) is 6.92 Å². The molecule has 33 heavy (non-hydrogen) atoms. The van der Waals surface area contributed by atoms with Crippen molar-refractivity contribution in [3.8, 4) is 11.1 Å². The van der Waals surface area contributed by atoms with Crippen molar-refractivity contribution in [1.29, 1.82) is 0 Å². The molecule has 0 saturated carbocycles. The summed E-state index contributed by atoms with van der Waals surface area (Å²) >= 11 is 0. The molecular weight excluding hydrogens is 426 g/mol. The van der Waals surface area contributed by atoms with Crippen molar-refractivity contribution in [2.45, 2.75) is 38.0 Å². The Kier molecular flexibility index (Phi) is 6.51. The van der Waals surface area contributed by atoms with Crippen LogP contribution in [0.2, 0.25) is 0 Å². The monoisotopic (exact) mass is 450 g/mol. The first-order chi connectivity index (χ1) is 15.8. The van der Waals surface area contributed by atoms with Crippen molar-refractivity contribution < 1.29 is 23.5 Å². The number of rotatable bonds is 5. The lowest BCUT2D eigenvalue weighted by atomic mass is 9.95. The Bertz CT molecular complexity index is 1180. The standard InChI is InChI=1S/C26H24F2N2O3/c1-15(29-24(32)12-16-10-18(27)14-19(28)11-16)26(33)30-25-22-9-5-4-8-21(22)20-7-3-2-6-17(20)13-23(25)31/h2-11,14-15,23,25,31H,12-13H2,1H3,(H,29,32)(H,30,33). The lowest BCUT2D eigenvalue weighted by molar-refractivity contribution is -0.129. The summed E-state index contributed by atoms with van der Waals surface area (Å²) in [5, 5.41) is 16.3. The number of benzene rings is 3. The van der Waals surface area contributed by atoms with Gasteiger partial charge in [0.05, 0.1) is 18.6 Å². The lowest BCUT2D eigenvalue weighted by Crippen LogP contribution is -2.48. The molecule has 3 N–H and O–H groups in total. The average Bonchev–Trinajstić information content (AvgIpc) is 2.87. The van der Waals surface area contributed by atoms with Crippen molar-refractivity contribution in [1.82, 2.24) is 10.6 Å². The van der Waals surface area contributed by atoms with Gasteiger partial charge in [-0.2, -0.15) is 0 Å². The normalized spacial score (nSPS) is 17.8. The highest BCUT2D eigenvalue weighted by Gasteiger charge is 2.31. The molecule has 1 aliphatic rings. The molecule has 170 valence electrons. The van der Waals surface area contributed by atoms with Crippen LogP contribution in [-0.2, 0) is 22.4 Å². The maximum absolute atomic E-state index is 13.4. The third-order valence-corrected chi connectivity index (χ3v) is 5.77. The number of aliphatic hydroxyl groups excluding tert-OH is 1. The summed E-state index contributed by atoms with van der Waals surface area (Å²) < 4.78 is 26.7. The Labute approximate surface area is 190 Å². The molecule has 0 radical (unpaired) electrons. The van der Waals surface area contributed by atoms with Crippen LogP contribution in [-0.4, -0.2) is 29.1 Å². The molecule has 0 fully saturated rings. The molecule has 3 unspecified atom stereocenters. The molecule has 0 aromatic heterocycles. The second-order valence-corrected chi connectivity index (χ2v) is 8.25. The van der Waals surface area contributed by atoms with Crippen LogP contribution in [0.5, 0.6) is 0 Å². The van der Waals surface area contributed by atoms with E-state index < -0.39 is 41.6 Å². The largest absolute Gasteiger partial charge is 0.390 e. The smallest absolute Gasteiger partial charge is 0.242 e. The molecule has 3 aromatic carbocycles. The minimum atomic E-state index is -0.916. The van der Waals surface area contributed by atoms with Gasteiger partial charge < -0.3 is 15.7 Å². The zero-order valence-electron chi connectivity index (χ0n) is 18.0. The van der Waals surface area contributed by atoms with Crippen LogP contribution in [0, 0.1) is 11.6 Å². The number of carbonyl (C=O) groups excluding carboxylic acids is 2. The Morgan fingerprint density at radius 3 is 2.36 bits per heavy atom. The van der Waals surface area contributed by atoms with Crippen LogP contribution in [0.1, 0.15) is 29.7 Å². The van der Waals surface area contributed by atoms with E-state index in [0.29, 0.717) is 6.42 Å². The highest BCUT2D eigenvalue weighted by molar-refractivity contribution is 5.88. The number of carbonyl (C=O) groups is 2. The Morgan fingerprint density at radius 2 is 1.64 bits per heavy atom. The zero-order chi connectivity index (χ0) is 23.5. The van der Waals surface area contributed by atoms with E-state index in [1.807, 2.05) is 48.5 Å². The minimum absolute atomic E-state index is 0.170. The minimum Gasteiger partial charge on any atom is -0.390 e. The number of aliphatic hydroxyl groups is 1. The lowest BCUT2D eigenvalue weighted by Gasteiger charge is -2.26. The number of nitrogens with one attached hydrogen (secondary N) is 2. The summed E-state index contributed by atoms with van der Waals surface area (Å²) in [4.78, 5) is 25.2. The van der Waals surface area contributed by atoms with Gasteiger partial charge in [-0.25, -0.2) is 8.78 Å². The summed E-state index contributed by atoms with van der Waals surface area (Å²) in [5.74, 6) is -2.56. The summed E-state index contributed by atoms with van der Waals surface area (Å²) in [7, 11) is 0. The highest BCUT2D eigenvalue weighted by Crippen LogP contribution is 2.37. The van der Waals surface area contributed by atoms with Crippen LogP contribution < -0.4 is 10.6 Å². The van der Waals surface area contributed by atoms with Gasteiger partial charge in [-0.1, -0.05) is 48.5 Å². The topological polar surface area (TPSA) is 78.4 Å². The summed E-state index contributed by atoms with van der Waals surface area (Å²) in [6, 6.07) is 16.7. The summed E-state index contributed by atoms with van der Waals surface area (Å²) in [6.07, 6.45) is -0.769. The first-order valence-corrected chi connectivity index (χ1v) is 10.7. The molecule has 4 rings (SSSR count). The molecule has 0 aliphatic heterocycles. The van der Waals surface area contributed by atoms with Crippen molar-refractivity contribution in [2.24, 2.45) is 0 Å². The fourth-order valence-corrected chi connectivity index (χ4v) is 4.23. The predicted molar refractivity (Wildman–Crippen MR) is 120 cm³/mol. The maximum Gasteiger partial charge on any atom is 0.242 e. The predicted octanol–water partition coefficient (Wildman–Crippen LogP) is 3.45. The van der Waals surface area contributed by atoms with Gasteiger partial charge in [0.2, 0.25) is 11.8 Å². The summed E-state index contributed by atoms with van der Waals surface area (Å²) in [5.41, 5.74) is 3.88. The molecule has 3 aromatic rings. The molecular formula is C26H24F2N2O3. The van der Waals surface area contributed by atoms with Crippen LogP contribution in [0.15, 0.2) is 66.7 Å². The Hall–Kier alpha value is -3.58. The van der Waals surface area contributed by atoms with Crippen LogP contribution >= 0.6 is 0 Å². The van der Waals surface area contributed by atoms with Crippen LogP contribution in [0.25, 0.3) is 11.1 Å². The third-order valence-electron chi connectivity index (χ3n) is 5.77. The molecule has 7 heteroatoms. The number of amides is 2.